The number of nitrogens with zero attached hydrogens (tertiary/aromatic N) is 2. The highest BCUT2D eigenvalue weighted by atomic mass is 16.5. The zero-order valence-electron chi connectivity index (χ0n) is 17.7. The molecule has 1 saturated heterocycles. The quantitative estimate of drug-likeness (QED) is 0.327. The van der Waals surface area contributed by atoms with Crippen LogP contribution in [0.25, 0.3) is 0 Å². The number of rotatable bonds is 11. The average molecular weight is 383 g/mol. The molecular formula is C21H42N4O2. The first-order valence-corrected chi connectivity index (χ1v) is 11.2. The van der Waals surface area contributed by atoms with Gasteiger partial charge in [0, 0.05) is 45.4 Å². The molecule has 2 aliphatic rings. The van der Waals surface area contributed by atoms with Crippen molar-refractivity contribution >= 4 is 5.96 Å². The van der Waals surface area contributed by atoms with Crippen LogP contribution in [0.1, 0.15) is 64.7 Å². The summed E-state index contributed by atoms with van der Waals surface area (Å²) in [5.74, 6) is 0.897. The number of nitrogens with one attached hydrogen (secondary N) is 2. The largest absolute Gasteiger partial charge is 0.379 e. The number of piperidine rings is 1. The van der Waals surface area contributed by atoms with Crippen molar-refractivity contribution in [3.05, 3.63) is 0 Å². The van der Waals surface area contributed by atoms with Crippen LogP contribution in [0.15, 0.2) is 4.99 Å². The van der Waals surface area contributed by atoms with Crippen molar-refractivity contribution in [2.45, 2.75) is 76.8 Å². The molecule has 6 nitrogen and oxygen atoms in total. The Morgan fingerprint density at radius 3 is 2.33 bits per heavy atom. The molecule has 27 heavy (non-hydrogen) atoms. The molecular weight excluding hydrogens is 340 g/mol. The van der Waals surface area contributed by atoms with Gasteiger partial charge in [0.2, 0.25) is 0 Å². The van der Waals surface area contributed by atoms with Gasteiger partial charge in [0.15, 0.2) is 5.96 Å². The molecule has 0 radical (unpaired) electrons. The van der Waals surface area contributed by atoms with Gasteiger partial charge in [-0.2, -0.15) is 0 Å². The summed E-state index contributed by atoms with van der Waals surface area (Å²) in [5, 5.41) is 6.95. The van der Waals surface area contributed by atoms with Crippen LogP contribution >= 0.6 is 0 Å². The predicted molar refractivity (Wildman–Crippen MR) is 113 cm³/mol. The van der Waals surface area contributed by atoms with Crippen LogP contribution in [0, 0.1) is 0 Å². The maximum absolute atomic E-state index is 5.60. The molecule has 1 aliphatic heterocycles. The monoisotopic (exact) mass is 382 g/mol. The molecule has 2 N–H and O–H groups in total. The summed E-state index contributed by atoms with van der Waals surface area (Å²) in [6, 6.07) is 1.38. The summed E-state index contributed by atoms with van der Waals surface area (Å²) in [7, 11) is 1.84. The number of aliphatic imine (C=N–C) groups is 1. The average Bonchev–Trinajstić information content (AvgIpc) is 2.73. The molecule has 1 saturated carbocycles. The third-order valence-corrected chi connectivity index (χ3v) is 5.74. The standard InChI is InChI=1S/C21H42N4O2/c1-3-4-15-26-17-18-27-16-12-23-21(22-2)24-19-10-13-25(14-11-19)20-8-6-5-7-9-20/h19-20H,3-18H2,1-2H3,(H2,22,23,24). The fourth-order valence-corrected chi connectivity index (χ4v) is 4.05. The van der Waals surface area contributed by atoms with Crippen molar-refractivity contribution in [1.82, 2.24) is 15.5 Å². The lowest BCUT2D eigenvalue weighted by atomic mass is 9.92. The Labute approximate surface area is 166 Å². The van der Waals surface area contributed by atoms with E-state index in [9.17, 15) is 0 Å². The Balaban J connectivity index is 1.50. The van der Waals surface area contributed by atoms with E-state index in [0.717, 1.165) is 31.6 Å². The molecule has 0 atom stereocenters. The van der Waals surface area contributed by atoms with Crippen LogP contribution in [-0.2, 0) is 9.47 Å². The Kier molecular flexibility index (Phi) is 11.8. The minimum absolute atomic E-state index is 0.531. The van der Waals surface area contributed by atoms with Gasteiger partial charge in [-0.25, -0.2) is 0 Å². The molecule has 0 aromatic carbocycles. The molecule has 1 aliphatic carbocycles. The SMILES string of the molecule is CCCCOCCOCCNC(=NC)NC1CCN(C2CCCCC2)CC1. The van der Waals surface area contributed by atoms with Crippen LogP contribution < -0.4 is 10.6 Å². The maximum Gasteiger partial charge on any atom is 0.191 e. The van der Waals surface area contributed by atoms with Gasteiger partial charge in [0.25, 0.3) is 0 Å². The Morgan fingerprint density at radius 1 is 0.963 bits per heavy atom. The molecule has 0 bridgehead atoms. The van der Waals surface area contributed by atoms with E-state index < -0.39 is 0 Å². The van der Waals surface area contributed by atoms with Crippen LogP contribution in [0.5, 0.6) is 0 Å². The minimum atomic E-state index is 0.531. The lowest BCUT2D eigenvalue weighted by molar-refractivity contribution is 0.0487. The van der Waals surface area contributed by atoms with Gasteiger partial charge < -0.3 is 25.0 Å². The molecule has 2 rings (SSSR count). The topological polar surface area (TPSA) is 58.1 Å². The van der Waals surface area contributed by atoms with Gasteiger partial charge in [-0.05, 0) is 32.1 Å². The molecule has 6 heteroatoms. The Bertz CT molecular complexity index is 392. The second-order valence-electron chi connectivity index (χ2n) is 7.82. The molecule has 2 fully saturated rings. The fraction of sp³-hybridized carbons (Fsp3) is 0.952. The number of ether oxygens (including phenoxy) is 2. The fourth-order valence-electron chi connectivity index (χ4n) is 4.05. The van der Waals surface area contributed by atoms with Crippen molar-refractivity contribution in [3.63, 3.8) is 0 Å². The molecule has 0 aromatic heterocycles. The predicted octanol–water partition coefficient (Wildman–Crippen LogP) is 2.78. The van der Waals surface area contributed by atoms with E-state index >= 15 is 0 Å². The molecule has 1 heterocycles. The third-order valence-electron chi connectivity index (χ3n) is 5.74. The lowest BCUT2D eigenvalue weighted by Crippen LogP contribution is -2.51. The van der Waals surface area contributed by atoms with Crippen molar-refractivity contribution in [2.75, 3.05) is 53.1 Å². The van der Waals surface area contributed by atoms with E-state index in [2.05, 4.69) is 27.4 Å². The summed E-state index contributed by atoms with van der Waals surface area (Å²) in [5.41, 5.74) is 0. The zero-order chi connectivity index (χ0) is 19.2. The van der Waals surface area contributed by atoms with Crippen LogP contribution in [0.4, 0.5) is 0 Å². The van der Waals surface area contributed by atoms with E-state index in [1.807, 2.05) is 7.05 Å². The summed E-state index contributed by atoms with van der Waals surface area (Å²) in [6.45, 7) is 8.26. The van der Waals surface area contributed by atoms with Crippen molar-refractivity contribution < 1.29 is 9.47 Å². The zero-order valence-corrected chi connectivity index (χ0v) is 17.7. The molecule has 0 aromatic rings. The van der Waals surface area contributed by atoms with Crippen LogP contribution in [-0.4, -0.2) is 76.1 Å². The van der Waals surface area contributed by atoms with Gasteiger partial charge in [-0.1, -0.05) is 32.6 Å². The van der Waals surface area contributed by atoms with Crippen LogP contribution in [0.2, 0.25) is 0 Å². The number of guanidine groups is 1. The first-order chi connectivity index (χ1) is 13.3. The first kappa shape index (κ1) is 22.4. The first-order valence-electron chi connectivity index (χ1n) is 11.2. The second kappa shape index (κ2) is 14.2. The lowest BCUT2D eigenvalue weighted by Gasteiger charge is -2.39. The van der Waals surface area contributed by atoms with Crippen molar-refractivity contribution in [3.8, 4) is 0 Å². The Hall–Kier alpha value is -0.850. The highest BCUT2D eigenvalue weighted by Gasteiger charge is 2.26. The highest BCUT2D eigenvalue weighted by molar-refractivity contribution is 5.79. The summed E-state index contributed by atoms with van der Waals surface area (Å²) < 4.78 is 11.1. The summed E-state index contributed by atoms with van der Waals surface area (Å²) in [6.07, 6.45) is 11.8. The van der Waals surface area contributed by atoms with Gasteiger partial charge in [0.05, 0.1) is 19.8 Å². The van der Waals surface area contributed by atoms with E-state index in [4.69, 9.17) is 9.47 Å². The van der Waals surface area contributed by atoms with E-state index in [-0.39, 0.29) is 0 Å². The Morgan fingerprint density at radius 2 is 1.67 bits per heavy atom. The number of hydrogen-bond donors (Lipinski definition) is 2. The molecule has 0 unspecified atom stereocenters. The van der Waals surface area contributed by atoms with Gasteiger partial charge in [-0.15, -0.1) is 0 Å². The van der Waals surface area contributed by atoms with Crippen molar-refractivity contribution in [1.29, 1.82) is 0 Å². The summed E-state index contributed by atoms with van der Waals surface area (Å²) in [4.78, 5) is 7.09. The molecule has 0 spiro atoms. The van der Waals surface area contributed by atoms with Gasteiger partial charge in [0.1, 0.15) is 0 Å². The smallest absolute Gasteiger partial charge is 0.191 e. The molecule has 0 amide bonds. The van der Waals surface area contributed by atoms with E-state index in [1.54, 1.807) is 0 Å². The number of hydrogen-bond acceptors (Lipinski definition) is 4. The number of likely N-dealkylation sites (tertiary alicyclic amines) is 1. The minimum Gasteiger partial charge on any atom is -0.379 e. The van der Waals surface area contributed by atoms with Crippen molar-refractivity contribution in [2.24, 2.45) is 4.99 Å². The second-order valence-corrected chi connectivity index (χ2v) is 7.82. The van der Waals surface area contributed by atoms with Crippen LogP contribution in [0.3, 0.4) is 0 Å². The summed E-state index contributed by atoms with van der Waals surface area (Å²) >= 11 is 0. The van der Waals surface area contributed by atoms with E-state index in [0.29, 0.717) is 25.9 Å². The number of unbranched alkanes of at least 4 members (excludes halogenated alkanes) is 1. The van der Waals surface area contributed by atoms with Gasteiger partial charge >= 0.3 is 0 Å². The third kappa shape index (κ3) is 9.26. The van der Waals surface area contributed by atoms with E-state index in [1.165, 1.54) is 64.5 Å². The van der Waals surface area contributed by atoms with Gasteiger partial charge in [-0.3, -0.25) is 4.99 Å². The highest BCUT2D eigenvalue weighted by Crippen LogP contribution is 2.25. The maximum atomic E-state index is 5.60. The molecule has 158 valence electrons. The normalized spacial score (nSPS) is 20.7.